The topological polar surface area (TPSA) is 272 Å². The summed E-state index contributed by atoms with van der Waals surface area (Å²) in [5.74, 6) is -1.25. The Morgan fingerprint density at radius 3 is 2.63 bits per heavy atom. The summed E-state index contributed by atoms with van der Waals surface area (Å²) < 4.78 is 10.5. The molecular formula is C21H36N8O9. The largest absolute Gasteiger partial charge is 0.447 e. The lowest BCUT2D eigenvalue weighted by Crippen LogP contribution is -2.69. The van der Waals surface area contributed by atoms with Gasteiger partial charge in [0.2, 0.25) is 17.7 Å². The van der Waals surface area contributed by atoms with Crippen molar-refractivity contribution in [2.75, 3.05) is 19.7 Å². The van der Waals surface area contributed by atoms with E-state index >= 15 is 0 Å². The van der Waals surface area contributed by atoms with Crippen LogP contribution in [0.2, 0.25) is 0 Å². The van der Waals surface area contributed by atoms with Gasteiger partial charge in [-0.3, -0.25) is 14.4 Å². The molecule has 3 aliphatic heterocycles. The quantitative estimate of drug-likeness (QED) is 0.123. The molecule has 0 bridgehead atoms. The van der Waals surface area contributed by atoms with Gasteiger partial charge in [-0.15, -0.1) is 0 Å². The zero-order chi connectivity index (χ0) is 28.0. The molecule has 2 saturated heterocycles. The number of β-amino-alcohol motifs (C(OH)–C–C–N with tert-alkyl or cyclic N) is 1. The SMILES string of the molecule is CC(=O)N[C@@H](CCCN)CC(=O)NC1C(NC2=N[C@@H]3C(=O)NC[C@@H](O)[C@H]3N2)OC(COC(N)=O)C(O)C1O. The molecule has 0 aromatic heterocycles. The van der Waals surface area contributed by atoms with Gasteiger partial charge in [-0.2, -0.15) is 0 Å². The first kappa shape index (κ1) is 29.3. The third-order valence-electron chi connectivity index (χ3n) is 6.42. The molecule has 0 radical (unpaired) electrons. The summed E-state index contributed by atoms with van der Waals surface area (Å²) in [6.07, 6.45) is -6.86. The Morgan fingerprint density at radius 2 is 2.00 bits per heavy atom. The summed E-state index contributed by atoms with van der Waals surface area (Å²) in [6, 6.07) is -3.41. The van der Waals surface area contributed by atoms with Crippen molar-refractivity contribution in [2.24, 2.45) is 16.5 Å². The molecule has 3 heterocycles. The van der Waals surface area contributed by atoms with E-state index in [9.17, 15) is 34.5 Å². The minimum atomic E-state index is -1.60. The summed E-state index contributed by atoms with van der Waals surface area (Å²) >= 11 is 0. The van der Waals surface area contributed by atoms with Crippen LogP contribution in [-0.2, 0) is 23.9 Å². The Hall–Kier alpha value is -3.25. The number of piperidine rings is 1. The third-order valence-corrected chi connectivity index (χ3v) is 6.42. The number of hydrogen-bond donors (Lipinski definition) is 10. The maximum atomic E-state index is 12.9. The molecule has 38 heavy (non-hydrogen) atoms. The van der Waals surface area contributed by atoms with E-state index in [0.717, 1.165) is 0 Å². The van der Waals surface area contributed by atoms with Crippen molar-refractivity contribution in [3.8, 4) is 0 Å². The number of ether oxygens (including phenoxy) is 2. The number of aliphatic hydroxyl groups is 3. The van der Waals surface area contributed by atoms with E-state index < -0.39 is 79.3 Å². The monoisotopic (exact) mass is 544 g/mol. The van der Waals surface area contributed by atoms with Crippen molar-refractivity contribution in [1.29, 1.82) is 0 Å². The van der Waals surface area contributed by atoms with Crippen LogP contribution in [0.4, 0.5) is 4.79 Å². The number of primary amides is 1. The fraction of sp³-hybridized carbons (Fsp3) is 0.762. The van der Waals surface area contributed by atoms with E-state index in [1.54, 1.807) is 0 Å². The number of aliphatic hydroxyl groups excluding tert-OH is 3. The standard InChI is InChI=1S/C21H36N8O9/c1-8(30)25-9(3-2-4-22)5-12(32)26-15-17(34)16(33)11(7-37-20(23)36)38-19(15)29-21-27-13-10(31)6-24-18(35)14(13)28-21/h9-11,13-17,19,31,33-34H,2-7,22H2,1H3,(H2,23,36)(H,24,35)(H,25,30)(H,26,32)(H2,27,28,29)/t9-,10+,11?,13+,14-,15?,16?,17?,19?/m0/s1. The molecular weight excluding hydrogens is 508 g/mol. The highest BCUT2D eigenvalue weighted by molar-refractivity contribution is 5.92. The summed E-state index contributed by atoms with van der Waals surface area (Å²) in [6.45, 7) is 1.22. The van der Waals surface area contributed by atoms with Crippen molar-refractivity contribution >= 4 is 29.8 Å². The van der Waals surface area contributed by atoms with E-state index in [-0.39, 0.29) is 24.8 Å². The fourth-order valence-electron chi connectivity index (χ4n) is 4.57. The minimum Gasteiger partial charge on any atom is -0.447 e. The summed E-state index contributed by atoms with van der Waals surface area (Å²) in [5, 5.41) is 45.2. The third kappa shape index (κ3) is 7.41. The van der Waals surface area contributed by atoms with Crippen LogP contribution < -0.4 is 38.1 Å². The Balaban J connectivity index is 1.76. The number of nitrogens with two attached hydrogens (primary N) is 2. The van der Waals surface area contributed by atoms with Gasteiger partial charge in [0.25, 0.3) is 0 Å². The van der Waals surface area contributed by atoms with Crippen LogP contribution in [0.15, 0.2) is 4.99 Å². The predicted octanol–water partition coefficient (Wildman–Crippen LogP) is -5.58. The van der Waals surface area contributed by atoms with E-state index in [1.807, 2.05) is 0 Å². The van der Waals surface area contributed by atoms with E-state index in [1.165, 1.54) is 6.92 Å². The van der Waals surface area contributed by atoms with Crippen LogP contribution in [0, 0.1) is 0 Å². The summed E-state index contributed by atoms with van der Waals surface area (Å²) in [5.41, 5.74) is 10.5. The average molecular weight is 545 g/mol. The van der Waals surface area contributed by atoms with Gasteiger partial charge in [0.15, 0.2) is 18.2 Å². The van der Waals surface area contributed by atoms with Gasteiger partial charge >= 0.3 is 6.09 Å². The minimum absolute atomic E-state index is 0.0332. The molecule has 17 heteroatoms. The highest BCUT2D eigenvalue weighted by Crippen LogP contribution is 2.22. The van der Waals surface area contributed by atoms with Crippen molar-refractivity contribution < 1.29 is 44.0 Å². The normalized spacial score (nSPS) is 33.1. The van der Waals surface area contributed by atoms with Gasteiger partial charge in [0.05, 0.1) is 12.1 Å². The lowest BCUT2D eigenvalue weighted by atomic mass is 9.95. The molecule has 9 atom stereocenters. The van der Waals surface area contributed by atoms with Gasteiger partial charge in [-0.25, -0.2) is 9.79 Å². The molecule has 0 aromatic carbocycles. The van der Waals surface area contributed by atoms with Crippen LogP contribution >= 0.6 is 0 Å². The summed E-state index contributed by atoms with van der Waals surface area (Å²) in [7, 11) is 0. The number of amides is 4. The maximum absolute atomic E-state index is 12.9. The molecule has 0 spiro atoms. The lowest BCUT2D eigenvalue weighted by molar-refractivity contribution is -0.198. The fourth-order valence-corrected chi connectivity index (χ4v) is 4.57. The number of nitrogens with zero attached hydrogens (tertiary/aromatic N) is 1. The van der Waals surface area contributed by atoms with Crippen LogP contribution in [0.5, 0.6) is 0 Å². The van der Waals surface area contributed by atoms with Crippen molar-refractivity contribution in [3.63, 3.8) is 0 Å². The van der Waals surface area contributed by atoms with Crippen molar-refractivity contribution in [1.82, 2.24) is 26.6 Å². The molecule has 4 amide bonds. The Morgan fingerprint density at radius 1 is 1.26 bits per heavy atom. The highest BCUT2D eigenvalue weighted by Gasteiger charge is 2.48. The smallest absolute Gasteiger partial charge is 0.404 e. The number of carbonyl (C=O) groups excluding carboxylic acids is 4. The number of carbonyl (C=O) groups is 4. The number of nitrogens with one attached hydrogen (secondary N) is 5. The van der Waals surface area contributed by atoms with E-state index in [2.05, 4.69) is 31.6 Å². The second-order valence-electron chi connectivity index (χ2n) is 9.38. The highest BCUT2D eigenvalue weighted by atomic mass is 16.6. The van der Waals surface area contributed by atoms with Crippen LogP contribution in [-0.4, -0.2) is 120 Å². The van der Waals surface area contributed by atoms with Gasteiger partial charge in [0.1, 0.15) is 31.0 Å². The molecule has 214 valence electrons. The van der Waals surface area contributed by atoms with Crippen LogP contribution in [0.25, 0.3) is 0 Å². The zero-order valence-corrected chi connectivity index (χ0v) is 20.8. The number of hydrogen-bond acceptors (Lipinski definition) is 13. The van der Waals surface area contributed by atoms with Crippen LogP contribution in [0.1, 0.15) is 26.2 Å². The zero-order valence-electron chi connectivity index (χ0n) is 20.8. The Bertz CT molecular complexity index is 921. The number of aliphatic imine (C=N–C) groups is 1. The Kier molecular flexibility index (Phi) is 10.0. The first-order chi connectivity index (χ1) is 18.0. The molecule has 3 aliphatic rings. The predicted molar refractivity (Wildman–Crippen MR) is 129 cm³/mol. The molecule has 3 rings (SSSR count). The van der Waals surface area contributed by atoms with E-state index in [0.29, 0.717) is 19.4 Å². The van der Waals surface area contributed by atoms with Crippen molar-refractivity contribution in [2.45, 2.75) is 81.0 Å². The van der Waals surface area contributed by atoms with E-state index in [4.69, 9.17) is 20.9 Å². The second kappa shape index (κ2) is 13.0. The van der Waals surface area contributed by atoms with Gasteiger partial charge in [-0.05, 0) is 19.4 Å². The maximum Gasteiger partial charge on any atom is 0.404 e. The number of rotatable bonds is 10. The molecule has 12 N–H and O–H groups in total. The van der Waals surface area contributed by atoms with Gasteiger partial charge in [-0.1, -0.05) is 0 Å². The molecule has 17 nitrogen and oxygen atoms in total. The molecule has 5 unspecified atom stereocenters. The molecule has 0 aliphatic carbocycles. The first-order valence-corrected chi connectivity index (χ1v) is 12.3. The molecule has 0 saturated carbocycles. The molecule has 0 aromatic rings. The van der Waals surface area contributed by atoms with Crippen LogP contribution in [0.3, 0.4) is 0 Å². The Labute approximate surface area is 218 Å². The van der Waals surface area contributed by atoms with Crippen molar-refractivity contribution in [3.05, 3.63) is 0 Å². The first-order valence-electron chi connectivity index (χ1n) is 12.3. The number of fused-ring (bicyclic) bond motifs is 1. The number of guanidine groups is 1. The van der Waals surface area contributed by atoms with Gasteiger partial charge in [0, 0.05) is 25.9 Å². The lowest BCUT2D eigenvalue weighted by Gasteiger charge is -2.43. The summed E-state index contributed by atoms with van der Waals surface area (Å²) in [4.78, 5) is 51.9. The average Bonchev–Trinajstić information content (AvgIpc) is 3.28. The molecule has 2 fully saturated rings. The van der Waals surface area contributed by atoms with Gasteiger partial charge < -0.3 is 62.8 Å². The second-order valence-corrected chi connectivity index (χ2v) is 9.38.